The van der Waals surface area contributed by atoms with Crippen LogP contribution in [0.3, 0.4) is 0 Å². The quantitative estimate of drug-likeness (QED) is 0.689. The molecule has 3 rings (SSSR count). The highest BCUT2D eigenvalue weighted by molar-refractivity contribution is 7.17. The number of carbonyl (C=O) groups is 2. The molecule has 26 heavy (non-hydrogen) atoms. The maximum atomic E-state index is 12.6. The first-order valence-electron chi connectivity index (χ1n) is 7.63. The smallest absolute Gasteiger partial charge is 0.347 e. The van der Waals surface area contributed by atoms with E-state index in [1.807, 2.05) is 0 Å². The van der Waals surface area contributed by atoms with Gasteiger partial charge in [-0.25, -0.2) is 24.7 Å². The second kappa shape index (κ2) is 7.26. The molecule has 3 aromatic heterocycles. The molecule has 0 spiro atoms. The molecule has 10 heteroatoms. The lowest BCUT2D eigenvalue weighted by Gasteiger charge is -2.10. The summed E-state index contributed by atoms with van der Waals surface area (Å²) in [5, 5.41) is 13.1. The molecular weight excluding hydrogens is 374 g/mol. The van der Waals surface area contributed by atoms with E-state index in [2.05, 4.69) is 25.3 Å². The predicted octanol–water partition coefficient (Wildman–Crippen LogP) is 2.86. The van der Waals surface area contributed by atoms with Crippen molar-refractivity contribution < 1.29 is 14.7 Å². The van der Waals surface area contributed by atoms with Crippen LogP contribution < -0.4 is 5.32 Å². The molecule has 1 unspecified atom stereocenters. The second-order valence-electron chi connectivity index (χ2n) is 5.47. The van der Waals surface area contributed by atoms with Crippen LogP contribution in [-0.2, 0) is 0 Å². The van der Waals surface area contributed by atoms with Gasteiger partial charge in [0.1, 0.15) is 14.8 Å². The lowest BCUT2D eigenvalue weighted by atomic mass is 10.3. The van der Waals surface area contributed by atoms with Crippen LogP contribution in [0.1, 0.15) is 48.7 Å². The molecular formula is C16H15N5O3S2. The molecule has 0 aliphatic carbocycles. The number of nitrogens with one attached hydrogen (secondary N) is 1. The summed E-state index contributed by atoms with van der Waals surface area (Å²) in [6, 6.07) is 1.29. The molecule has 0 aromatic carbocycles. The van der Waals surface area contributed by atoms with Crippen LogP contribution in [0.5, 0.6) is 0 Å². The molecule has 0 aliphatic heterocycles. The number of aromatic carboxylic acids is 1. The highest BCUT2D eigenvalue weighted by atomic mass is 32.1. The Morgan fingerprint density at radius 1 is 1.08 bits per heavy atom. The van der Waals surface area contributed by atoms with Crippen molar-refractivity contribution in [3.63, 3.8) is 0 Å². The van der Waals surface area contributed by atoms with Gasteiger partial charge in [-0.15, -0.1) is 22.7 Å². The molecule has 1 atom stereocenters. The van der Waals surface area contributed by atoms with Crippen molar-refractivity contribution in [3.05, 3.63) is 44.6 Å². The molecule has 2 N–H and O–H groups in total. The first kappa shape index (κ1) is 18.1. The van der Waals surface area contributed by atoms with Crippen molar-refractivity contribution in [3.8, 4) is 10.8 Å². The number of aryl methyl sites for hydroxylation is 2. The van der Waals surface area contributed by atoms with Crippen LogP contribution in [0.4, 0.5) is 0 Å². The Hall–Kier alpha value is -2.72. The molecule has 134 valence electrons. The fourth-order valence-electron chi connectivity index (χ4n) is 2.24. The van der Waals surface area contributed by atoms with Gasteiger partial charge in [0, 0.05) is 12.4 Å². The van der Waals surface area contributed by atoms with Crippen molar-refractivity contribution >= 4 is 34.6 Å². The summed E-state index contributed by atoms with van der Waals surface area (Å²) in [4.78, 5) is 41.3. The van der Waals surface area contributed by atoms with Gasteiger partial charge >= 0.3 is 5.97 Å². The minimum absolute atomic E-state index is 0.179. The van der Waals surface area contributed by atoms with Crippen molar-refractivity contribution in [2.45, 2.75) is 26.8 Å². The Kier molecular flexibility index (Phi) is 5.05. The largest absolute Gasteiger partial charge is 0.477 e. The lowest BCUT2D eigenvalue weighted by molar-refractivity contribution is 0.0701. The maximum Gasteiger partial charge on any atom is 0.347 e. The van der Waals surface area contributed by atoms with Crippen LogP contribution in [0.25, 0.3) is 10.8 Å². The summed E-state index contributed by atoms with van der Waals surface area (Å²) in [7, 11) is 0. The monoisotopic (exact) mass is 389 g/mol. The molecule has 3 heterocycles. The average molecular weight is 389 g/mol. The minimum atomic E-state index is -1.02. The molecule has 3 aromatic rings. The van der Waals surface area contributed by atoms with Gasteiger partial charge in [-0.3, -0.25) is 4.79 Å². The van der Waals surface area contributed by atoms with Gasteiger partial charge in [0.25, 0.3) is 5.91 Å². The maximum absolute atomic E-state index is 12.6. The van der Waals surface area contributed by atoms with Crippen LogP contribution in [0, 0.1) is 13.8 Å². The topological polar surface area (TPSA) is 118 Å². The van der Waals surface area contributed by atoms with Crippen LogP contribution in [0.15, 0.2) is 18.5 Å². The molecule has 0 saturated heterocycles. The van der Waals surface area contributed by atoms with E-state index in [1.165, 1.54) is 11.3 Å². The summed E-state index contributed by atoms with van der Waals surface area (Å²) in [5.41, 5.74) is 1.03. The van der Waals surface area contributed by atoms with E-state index in [-0.39, 0.29) is 10.8 Å². The second-order valence-corrected chi connectivity index (χ2v) is 7.50. The number of carboxylic acids is 1. The summed E-state index contributed by atoms with van der Waals surface area (Å²) in [6.45, 7) is 5.15. The number of hydrogen-bond donors (Lipinski definition) is 2. The highest BCUT2D eigenvalue weighted by Gasteiger charge is 2.22. The van der Waals surface area contributed by atoms with Crippen molar-refractivity contribution in [2.24, 2.45) is 0 Å². The number of hydrogen-bond acceptors (Lipinski definition) is 8. The third kappa shape index (κ3) is 3.60. The zero-order valence-corrected chi connectivity index (χ0v) is 15.8. The van der Waals surface area contributed by atoms with Gasteiger partial charge in [-0.2, -0.15) is 0 Å². The highest BCUT2D eigenvalue weighted by Crippen LogP contribution is 2.27. The van der Waals surface area contributed by atoms with Crippen molar-refractivity contribution in [1.82, 2.24) is 25.3 Å². The summed E-state index contributed by atoms with van der Waals surface area (Å²) >= 11 is 2.27. The van der Waals surface area contributed by atoms with E-state index >= 15 is 0 Å². The Morgan fingerprint density at radius 2 is 1.73 bits per heavy atom. The molecule has 1 amide bonds. The number of aromatic nitrogens is 4. The Balaban J connectivity index is 1.79. The van der Waals surface area contributed by atoms with Gasteiger partial charge < -0.3 is 10.4 Å². The van der Waals surface area contributed by atoms with E-state index in [9.17, 15) is 9.59 Å². The van der Waals surface area contributed by atoms with E-state index in [1.54, 1.807) is 39.2 Å². The Labute approximate surface area is 157 Å². The van der Waals surface area contributed by atoms with Gasteiger partial charge in [0.05, 0.1) is 17.4 Å². The normalized spacial score (nSPS) is 12.0. The number of amides is 1. The summed E-state index contributed by atoms with van der Waals surface area (Å²) in [6.07, 6.45) is 3.23. The van der Waals surface area contributed by atoms with E-state index < -0.39 is 12.0 Å². The number of rotatable bonds is 5. The summed E-state index contributed by atoms with van der Waals surface area (Å²) in [5.74, 6) is -0.843. The van der Waals surface area contributed by atoms with Gasteiger partial charge in [-0.1, -0.05) is 0 Å². The van der Waals surface area contributed by atoms with Crippen LogP contribution in [0.2, 0.25) is 0 Å². The minimum Gasteiger partial charge on any atom is -0.477 e. The standard InChI is InChI=1S/C16H15N5O3S2/c1-7-10(25-15(21-7)12-17-5-4-6-18-12)13(22)19-9(3)14-20-8(2)11(26-14)16(23)24/h4-6,9H,1-3H3,(H,19,22)(H,23,24). The average Bonchev–Trinajstić information content (AvgIpc) is 3.19. The third-order valence-corrected chi connectivity index (χ3v) is 5.97. The van der Waals surface area contributed by atoms with Gasteiger partial charge in [0.2, 0.25) is 0 Å². The number of carboxylic acid groups (broad SMARTS) is 1. The van der Waals surface area contributed by atoms with E-state index in [0.717, 1.165) is 11.3 Å². The molecule has 0 bridgehead atoms. The number of nitrogens with zero attached hydrogens (tertiary/aromatic N) is 4. The lowest BCUT2D eigenvalue weighted by Crippen LogP contribution is -2.26. The van der Waals surface area contributed by atoms with Gasteiger partial charge in [0.15, 0.2) is 10.8 Å². The molecule has 0 aliphatic rings. The zero-order chi connectivity index (χ0) is 18.8. The van der Waals surface area contributed by atoms with Crippen LogP contribution >= 0.6 is 22.7 Å². The Morgan fingerprint density at radius 3 is 2.35 bits per heavy atom. The molecule has 0 radical (unpaired) electrons. The van der Waals surface area contributed by atoms with Crippen LogP contribution in [-0.4, -0.2) is 36.9 Å². The summed E-state index contributed by atoms with van der Waals surface area (Å²) < 4.78 is 0. The fraction of sp³-hybridized carbons (Fsp3) is 0.250. The first-order chi connectivity index (χ1) is 12.4. The molecule has 0 saturated carbocycles. The zero-order valence-electron chi connectivity index (χ0n) is 14.2. The van der Waals surface area contributed by atoms with E-state index in [4.69, 9.17) is 5.11 Å². The molecule has 0 fully saturated rings. The van der Waals surface area contributed by atoms with Crippen molar-refractivity contribution in [1.29, 1.82) is 0 Å². The number of carbonyl (C=O) groups excluding carboxylic acids is 1. The third-order valence-electron chi connectivity index (χ3n) is 3.49. The van der Waals surface area contributed by atoms with Crippen molar-refractivity contribution in [2.75, 3.05) is 0 Å². The Bertz CT molecular complexity index is 968. The number of thiazole rings is 2. The molecule has 8 nitrogen and oxygen atoms in total. The van der Waals surface area contributed by atoms with Gasteiger partial charge in [-0.05, 0) is 26.8 Å². The fourth-order valence-corrected chi connectivity index (χ4v) is 4.06. The first-order valence-corrected chi connectivity index (χ1v) is 9.26. The SMILES string of the molecule is Cc1nc(C(C)NC(=O)c2sc(-c3ncccn3)nc2C)sc1C(=O)O. The van der Waals surface area contributed by atoms with E-state index in [0.29, 0.717) is 32.1 Å². The predicted molar refractivity (Wildman–Crippen MR) is 97.6 cm³/mol.